The highest BCUT2D eigenvalue weighted by Crippen LogP contribution is 2.27. The molecule has 0 unspecified atom stereocenters. The Balaban J connectivity index is 1.96. The summed E-state index contributed by atoms with van der Waals surface area (Å²) in [7, 11) is 0. The molecule has 1 aromatic heterocycles. The van der Waals surface area contributed by atoms with Gasteiger partial charge in [0.15, 0.2) is 0 Å². The lowest BCUT2D eigenvalue weighted by Crippen LogP contribution is -2.33. The van der Waals surface area contributed by atoms with Crippen molar-refractivity contribution in [3.8, 4) is 0 Å². The summed E-state index contributed by atoms with van der Waals surface area (Å²) >= 11 is 0. The molecule has 2 rings (SSSR count). The first kappa shape index (κ1) is 14.4. The fraction of sp³-hybridized carbons (Fsp3) is 0.636. The van der Waals surface area contributed by atoms with Crippen LogP contribution in [0.3, 0.4) is 0 Å². The van der Waals surface area contributed by atoms with Gasteiger partial charge in [-0.25, -0.2) is 15.8 Å². The minimum Gasteiger partial charge on any atom is -0.363 e. The van der Waals surface area contributed by atoms with Gasteiger partial charge in [0.05, 0.1) is 4.92 Å². The fourth-order valence-corrected chi connectivity index (χ4v) is 2.30. The zero-order valence-corrected chi connectivity index (χ0v) is 11.2. The zero-order chi connectivity index (χ0) is 14.4. The predicted octanol–water partition coefficient (Wildman–Crippen LogP) is 0.568. The molecule has 2 heterocycles. The average Bonchev–Trinajstić information content (AvgIpc) is 2.47. The second-order valence-corrected chi connectivity index (χ2v) is 4.65. The largest absolute Gasteiger partial charge is 0.363 e. The van der Waals surface area contributed by atoms with Crippen LogP contribution in [-0.2, 0) is 0 Å². The summed E-state index contributed by atoms with van der Waals surface area (Å²) in [4.78, 5) is 20.5. The third-order valence-corrected chi connectivity index (χ3v) is 3.31. The Morgan fingerprint density at radius 1 is 1.30 bits per heavy atom. The van der Waals surface area contributed by atoms with Gasteiger partial charge in [0, 0.05) is 13.1 Å². The summed E-state index contributed by atoms with van der Waals surface area (Å²) in [6.45, 7) is 3.61. The van der Waals surface area contributed by atoms with Crippen LogP contribution >= 0.6 is 0 Å². The van der Waals surface area contributed by atoms with Gasteiger partial charge in [-0.2, -0.15) is 0 Å². The molecular weight excluding hydrogens is 262 g/mol. The van der Waals surface area contributed by atoms with Gasteiger partial charge in [-0.15, -0.1) is 0 Å². The number of nitrogens with zero attached hydrogens (tertiary/aromatic N) is 4. The first-order chi connectivity index (χ1) is 9.72. The van der Waals surface area contributed by atoms with E-state index in [0.717, 1.165) is 19.6 Å². The second-order valence-electron chi connectivity index (χ2n) is 4.65. The molecular formula is C11H19N7O2. The monoisotopic (exact) mass is 281 g/mol. The van der Waals surface area contributed by atoms with E-state index in [9.17, 15) is 10.1 Å². The fourth-order valence-electron chi connectivity index (χ4n) is 2.30. The minimum absolute atomic E-state index is 0.00507. The van der Waals surface area contributed by atoms with Gasteiger partial charge in [-0.1, -0.05) is 6.42 Å². The summed E-state index contributed by atoms with van der Waals surface area (Å²) < 4.78 is 0. The summed E-state index contributed by atoms with van der Waals surface area (Å²) in [6, 6.07) is 0. The summed E-state index contributed by atoms with van der Waals surface area (Å²) in [5.74, 6) is 5.42. The number of nitrogens with one attached hydrogen (secondary N) is 2. The molecule has 1 aliphatic rings. The van der Waals surface area contributed by atoms with Crippen molar-refractivity contribution in [3.63, 3.8) is 0 Å². The van der Waals surface area contributed by atoms with Crippen LogP contribution in [0.4, 0.5) is 17.3 Å². The Kier molecular flexibility index (Phi) is 5.02. The maximum atomic E-state index is 11.0. The minimum atomic E-state index is -0.543. The number of likely N-dealkylation sites (tertiary alicyclic amines) is 1. The van der Waals surface area contributed by atoms with Crippen LogP contribution in [0.25, 0.3) is 0 Å². The van der Waals surface area contributed by atoms with Gasteiger partial charge in [-0.3, -0.25) is 10.1 Å². The van der Waals surface area contributed by atoms with Gasteiger partial charge < -0.3 is 15.6 Å². The molecule has 9 nitrogen and oxygen atoms in total. The lowest BCUT2D eigenvalue weighted by Gasteiger charge is -2.26. The van der Waals surface area contributed by atoms with Crippen molar-refractivity contribution in [2.75, 3.05) is 36.9 Å². The molecule has 0 aromatic carbocycles. The van der Waals surface area contributed by atoms with Crippen LogP contribution in [0.2, 0.25) is 0 Å². The topological polar surface area (TPSA) is 122 Å². The van der Waals surface area contributed by atoms with Gasteiger partial charge in [-0.05, 0) is 25.9 Å². The third kappa shape index (κ3) is 3.52. The van der Waals surface area contributed by atoms with Crippen molar-refractivity contribution < 1.29 is 4.92 Å². The Hall–Kier alpha value is -2.00. The first-order valence-electron chi connectivity index (χ1n) is 6.64. The number of nitrogens with two attached hydrogens (primary N) is 1. The van der Waals surface area contributed by atoms with Crippen molar-refractivity contribution in [2.45, 2.75) is 19.3 Å². The molecule has 0 spiro atoms. The highest BCUT2D eigenvalue weighted by atomic mass is 16.6. The number of hydrazine groups is 1. The number of nitro groups is 1. The molecule has 0 radical (unpaired) electrons. The number of nitrogen functional groups attached to an aromatic ring is 1. The highest BCUT2D eigenvalue weighted by molar-refractivity contribution is 5.68. The molecule has 0 bridgehead atoms. The molecule has 0 atom stereocenters. The Morgan fingerprint density at radius 2 is 2.00 bits per heavy atom. The number of hydrogen-bond donors (Lipinski definition) is 3. The standard InChI is InChI=1S/C11H19N7O2/c12-16-11-9(18(19)20)10(14-8-15-11)13-4-7-17-5-2-1-3-6-17/h8H,1-7,12H2,(H2,13,14,15,16). The van der Waals surface area contributed by atoms with E-state index in [1.54, 1.807) is 0 Å². The SMILES string of the molecule is NNc1ncnc(NCCN2CCCCC2)c1[N+](=O)[O-]. The van der Waals surface area contributed by atoms with E-state index in [-0.39, 0.29) is 17.3 Å². The van der Waals surface area contributed by atoms with E-state index in [1.165, 1.54) is 25.6 Å². The molecule has 1 aromatic rings. The third-order valence-electron chi connectivity index (χ3n) is 3.31. The maximum absolute atomic E-state index is 11.0. The molecule has 0 aliphatic carbocycles. The number of anilines is 2. The van der Waals surface area contributed by atoms with E-state index in [1.807, 2.05) is 0 Å². The van der Waals surface area contributed by atoms with Gasteiger partial charge in [0.1, 0.15) is 6.33 Å². The smallest absolute Gasteiger partial charge is 0.354 e. The van der Waals surface area contributed by atoms with Crippen LogP contribution in [-0.4, -0.2) is 46.0 Å². The van der Waals surface area contributed by atoms with Crippen LogP contribution in [0, 0.1) is 10.1 Å². The van der Waals surface area contributed by atoms with E-state index < -0.39 is 4.92 Å². The van der Waals surface area contributed by atoms with Crippen molar-refractivity contribution in [3.05, 3.63) is 16.4 Å². The number of piperidine rings is 1. The Labute approximate surface area is 116 Å². The lowest BCUT2D eigenvalue weighted by molar-refractivity contribution is -0.383. The molecule has 20 heavy (non-hydrogen) atoms. The van der Waals surface area contributed by atoms with Crippen molar-refractivity contribution in [1.82, 2.24) is 14.9 Å². The second kappa shape index (κ2) is 6.96. The maximum Gasteiger partial charge on any atom is 0.354 e. The van der Waals surface area contributed by atoms with Crippen molar-refractivity contribution >= 4 is 17.3 Å². The number of hydrogen-bond acceptors (Lipinski definition) is 8. The molecule has 9 heteroatoms. The molecule has 4 N–H and O–H groups in total. The van der Waals surface area contributed by atoms with Gasteiger partial charge in [0.2, 0.25) is 11.6 Å². The molecule has 1 aliphatic heterocycles. The quantitative estimate of drug-likeness (QED) is 0.393. The van der Waals surface area contributed by atoms with Crippen LogP contribution in [0.15, 0.2) is 6.33 Å². The van der Waals surface area contributed by atoms with Crippen LogP contribution < -0.4 is 16.6 Å². The molecule has 0 amide bonds. The average molecular weight is 281 g/mol. The number of aromatic nitrogens is 2. The molecule has 110 valence electrons. The summed E-state index contributed by atoms with van der Waals surface area (Å²) in [5, 5.41) is 14.0. The molecule has 0 saturated carbocycles. The first-order valence-corrected chi connectivity index (χ1v) is 6.64. The highest BCUT2D eigenvalue weighted by Gasteiger charge is 2.22. The van der Waals surface area contributed by atoms with Gasteiger partial charge >= 0.3 is 5.69 Å². The van der Waals surface area contributed by atoms with Crippen molar-refractivity contribution in [2.24, 2.45) is 5.84 Å². The normalized spacial score (nSPS) is 15.8. The predicted molar refractivity (Wildman–Crippen MR) is 75.3 cm³/mol. The lowest BCUT2D eigenvalue weighted by atomic mass is 10.1. The van der Waals surface area contributed by atoms with E-state index in [2.05, 4.69) is 25.6 Å². The van der Waals surface area contributed by atoms with Gasteiger partial charge in [0.25, 0.3) is 0 Å². The Bertz CT molecular complexity index is 462. The Morgan fingerprint density at radius 3 is 2.65 bits per heavy atom. The van der Waals surface area contributed by atoms with E-state index in [4.69, 9.17) is 5.84 Å². The zero-order valence-electron chi connectivity index (χ0n) is 11.2. The van der Waals surface area contributed by atoms with E-state index >= 15 is 0 Å². The van der Waals surface area contributed by atoms with Crippen LogP contribution in [0.5, 0.6) is 0 Å². The molecule has 1 fully saturated rings. The van der Waals surface area contributed by atoms with E-state index in [0.29, 0.717) is 6.54 Å². The van der Waals surface area contributed by atoms with Crippen LogP contribution in [0.1, 0.15) is 19.3 Å². The summed E-state index contributed by atoms with van der Waals surface area (Å²) in [6.07, 6.45) is 4.96. The number of rotatable bonds is 6. The van der Waals surface area contributed by atoms with Crippen molar-refractivity contribution in [1.29, 1.82) is 0 Å². The summed E-state index contributed by atoms with van der Waals surface area (Å²) in [5.41, 5.74) is 1.99. The molecule has 1 saturated heterocycles.